The molecule has 0 N–H and O–H groups in total. The highest BCUT2D eigenvalue weighted by Gasteiger charge is 2.13. The first-order valence-corrected chi connectivity index (χ1v) is 4.44. The lowest BCUT2D eigenvalue weighted by Gasteiger charge is -2.05. The first-order chi connectivity index (χ1) is 6.66. The van der Waals surface area contributed by atoms with Crippen molar-refractivity contribution in [3.63, 3.8) is 0 Å². The zero-order valence-electron chi connectivity index (χ0n) is 8.24. The number of hydrogen-bond acceptors (Lipinski definition) is 3. The molecule has 0 heterocycles. The quantitative estimate of drug-likeness (QED) is 0.544. The van der Waals surface area contributed by atoms with Gasteiger partial charge in [0, 0.05) is 5.56 Å². The molecule has 0 radical (unpaired) electrons. The van der Waals surface area contributed by atoms with Gasteiger partial charge in [-0.3, -0.25) is 4.79 Å². The fourth-order valence-corrected chi connectivity index (χ4v) is 1.18. The van der Waals surface area contributed by atoms with Crippen LogP contribution < -0.4 is 0 Å². The van der Waals surface area contributed by atoms with Crippen LogP contribution in [0.15, 0.2) is 24.3 Å². The molecule has 1 aromatic rings. The number of esters is 1. The molecule has 0 aliphatic rings. The number of benzene rings is 1. The monoisotopic (exact) mass is 192 g/mol. The molecule has 74 valence electrons. The number of Topliss-reactive ketones (excluding diaryl/α,β-unsaturated/α-hetero) is 1. The molecular formula is C11H12O3. The molecule has 0 aromatic heterocycles. The molecule has 0 aliphatic carbocycles. The highest BCUT2D eigenvalue weighted by Crippen LogP contribution is 2.10. The molecule has 3 heteroatoms. The van der Waals surface area contributed by atoms with E-state index in [0.717, 1.165) is 0 Å². The number of carbonyl (C=O) groups is 2. The standard InChI is InChI=1S/C11H12O3/c1-3-14-11(13)10-7-5-4-6-9(10)8(2)12/h4-7H,3H2,1-2H3. The summed E-state index contributed by atoms with van der Waals surface area (Å²) in [4.78, 5) is 22.6. The smallest absolute Gasteiger partial charge is 0.338 e. The van der Waals surface area contributed by atoms with Crippen LogP contribution in [0.25, 0.3) is 0 Å². The van der Waals surface area contributed by atoms with E-state index in [-0.39, 0.29) is 5.78 Å². The van der Waals surface area contributed by atoms with Gasteiger partial charge < -0.3 is 4.74 Å². The minimum atomic E-state index is -0.446. The normalized spacial score (nSPS) is 9.57. The van der Waals surface area contributed by atoms with Crippen LogP contribution in [0.3, 0.4) is 0 Å². The Bertz CT molecular complexity index is 355. The van der Waals surface area contributed by atoms with Crippen molar-refractivity contribution >= 4 is 11.8 Å². The molecule has 3 nitrogen and oxygen atoms in total. The SMILES string of the molecule is CCOC(=O)c1ccccc1C(C)=O. The fraction of sp³-hybridized carbons (Fsp3) is 0.273. The molecule has 0 aliphatic heterocycles. The summed E-state index contributed by atoms with van der Waals surface area (Å²) in [7, 11) is 0. The number of rotatable bonds is 3. The Morgan fingerprint density at radius 2 is 1.79 bits per heavy atom. The molecular weight excluding hydrogens is 180 g/mol. The van der Waals surface area contributed by atoms with Crippen molar-refractivity contribution in [3.05, 3.63) is 35.4 Å². The Labute approximate surface area is 82.7 Å². The van der Waals surface area contributed by atoms with Gasteiger partial charge in [-0.1, -0.05) is 18.2 Å². The summed E-state index contributed by atoms with van der Waals surface area (Å²) >= 11 is 0. The van der Waals surface area contributed by atoms with E-state index in [9.17, 15) is 9.59 Å². The molecule has 0 bridgehead atoms. The van der Waals surface area contributed by atoms with Gasteiger partial charge in [-0.2, -0.15) is 0 Å². The van der Waals surface area contributed by atoms with Crippen LogP contribution in [0.1, 0.15) is 34.6 Å². The molecule has 0 saturated heterocycles. The number of hydrogen-bond donors (Lipinski definition) is 0. The molecule has 14 heavy (non-hydrogen) atoms. The second kappa shape index (κ2) is 4.56. The van der Waals surface area contributed by atoms with Crippen molar-refractivity contribution in [2.75, 3.05) is 6.61 Å². The number of carbonyl (C=O) groups excluding carboxylic acids is 2. The lowest BCUT2D eigenvalue weighted by Crippen LogP contribution is -2.10. The third-order valence-electron chi connectivity index (χ3n) is 1.80. The zero-order valence-corrected chi connectivity index (χ0v) is 8.24. The maximum absolute atomic E-state index is 11.4. The maximum Gasteiger partial charge on any atom is 0.338 e. The van der Waals surface area contributed by atoms with E-state index in [1.54, 1.807) is 31.2 Å². The van der Waals surface area contributed by atoms with E-state index >= 15 is 0 Å². The van der Waals surface area contributed by atoms with Crippen LogP contribution >= 0.6 is 0 Å². The average Bonchev–Trinajstić information content (AvgIpc) is 2.18. The Hall–Kier alpha value is -1.64. The molecule has 0 fully saturated rings. The Balaban J connectivity index is 3.07. The molecule has 1 aromatic carbocycles. The van der Waals surface area contributed by atoms with Gasteiger partial charge in [0.15, 0.2) is 5.78 Å². The fourth-order valence-electron chi connectivity index (χ4n) is 1.18. The second-order valence-corrected chi connectivity index (χ2v) is 2.82. The molecule has 0 unspecified atom stereocenters. The van der Waals surface area contributed by atoms with Crippen molar-refractivity contribution < 1.29 is 14.3 Å². The van der Waals surface area contributed by atoms with E-state index in [4.69, 9.17) is 4.74 Å². The van der Waals surface area contributed by atoms with Crippen molar-refractivity contribution in [3.8, 4) is 0 Å². The summed E-state index contributed by atoms with van der Waals surface area (Å²) in [5.74, 6) is -0.577. The highest BCUT2D eigenvalue weighted by atomic mass is 16.5. The van der Waals surface area contributed by atoms with Crippen LogP contribution in [0.5, 0.6) is 0 Å². The van der Waals surface area contributed by atoms with Crippen LogP contribution in [0.2, 0.25) is 0 Å². The highest BCUT2D eigenvalue weighted by molar-refractivity contribution is 6.05. The molecule has 0 amide bonds. The van der Waals surface area contributed by atoms with Crippen molar-refractivity contribution in [1.29, 1.82) is 0 Å². The Morgan fingerprint density at radius 3 is 2.29 bits per heavy atom. The van der Waals surface area contributed by atoms with Crippen LogP contribution in [-0.2, 0) is 4.74 Å². The minimum Gasteiger partial charge on any atom is -0.462 e. The number of ketones is 1. The van der Waals surface area contributed by atoms with Gasteiger partial charge in [-0.25, -0.2) is 4.79 Å². The maximum atomic E-state index is 11.4. The van der Waals surface area contributed by atoms with Gasteiger partial charge in [-0.05, 0) is 19.9 Å². The summed E-state index contributed by atoms with van der Waals surface area (Å²) in [6.45, 7) is 3.47. The summed E-state index contributed by atoms with van der Waals surface area (Å²) in [6.07, 6.45) is 0. The van der Waals surface area contributed by atoms with Gasteiger partial charge >= 0.3 is 5.97 Å². The van der Waals surface area contributed by atoms with Crippen molar-refractivity contribution in [2.45, 2.75) is 13.8 Å². The molecule has 0 atom stereocenters. The van der Waals surface area contributed by atoms with Gasteiger partial charge in [0.1, 0.15) is 0 Å². The van der Waals surface area contributed by atoms with E-state index < -0.39 is 5.97 Å². The van der Waals surface area contributed by atoms with E-state index in [2.05, 4.69) is 0 Å². The molecule has 1 rings (SSSR count). The Morgan fingerprint density at radius 1 is 1.21 bits per heavy atom. The van der Waals surface area contributed by atoms with Gasteiger partial charge in [0.05, 0.1) is 12.2 Å². The lowest BCUT2D eigenvalue weighted by molar-refractivity contribution is 0.0523. The Kier molecular flexibility index (Phi) is 3.40. The third-order valence-corrected chi connectivity index (χ3v) is 1.80. The summed E-state index contributed by atoms with van der Waals surface area (Å²) in [5.41, 5.74) is 0.743. The summed E-state index contributed by atoms with van der Waals surface area (Å²) < 4.78 is 4.83. The van der Waals surface area contributed by atoms with Crippen LogP contribution in [0.4, 0.5) is 0 Å². The van der Waals surface area contributed by atoms with E-state index in [1.807, 2.05) is 0 Å². The predicted octanol–water partition coefficient (Wildman–Crippen LogP) is 2.07. The van der Waals surface area contributed by atoms with E-state index in [1.165, 1.54) is 6.92 Å². The van der Waals surface area contributed by atoms with Gasteiger partial charge in [-0.15, -0.1) is 0 Å². The first kappa shape index (κ1) is 10.4. The lowest BCUT2D eigenvalue weighted by atomic mass is 10.0. The van der Waals surface area contributed by atoms with Crippen molar-refractivity contribution in [1.82, 2.24) is 0 Å². The topological polar surface area (TPSA) is 43.4 Å². The second-order valence-electron chi connectivity index (χ2n) is 2.82. The first-order valence-electron chi connectivity index (χ1n) is 4.44. The van der Waals surface area contributed by atoms with Crippen LogP contribution in [-0.4, -0.2) is 18.4 Å². The zero-order chi connectivity index (χ0) is 10.6. The van der Waals surface area contributed by atoms with E-state index in [0.29, 0.717) is 17.7 Å². The summed E-state index contributed by atoms with van der Waals surface area (Å²) in [5, 5.41) is 0. The van der Waals surface area contributed by atoms with Crippen LogP contribution in [0, 0.1) is 0 Å². The third kappa shape index (κ3) is 2.19. The van der Waals surface area contributed by atoms with Gasteiger partial charge in [0.25, 0.3) is 0 Å². The van der Waals surface area contributed by atoms with Crippen molar-refractivity contribution in [2.24, 2.45) is 0 Å². The average molecular weight is 192 g/mol. The summed E-state index contributed by atoms with van der Waals surface area (Å²) in [6, 6.07) is 6.64. The number of ether oxygens (including phenoxy) is 1. The van der Waals surface area contributed by atoms with Gasteiger partial charge in [0.2, 0.25) is 0 Å². The molecule has 0 saturated carbocycles. The molecule has 0 spiro atoms. The predicted molar refractivity (Wildman–Crippen MR) is 52.4 cm³/mol. The largest absolute Gasteiger partial charge is 0.462 e. The minimum absolute atomic E-state index is 0.131.